The monoisotopic (exact) mass is 464 g/mol. The molecule has 5 nitrogen and oxygen atoms in total. The number of hydrogen-bond donors (Lipinski definition) is 0. The largest absolute Gasteiger partial charge is 0.368 e. The molecule has 0 spiro atoms. The number of hydrogen-bond acceptors (Lipinski definition) is 3. The van der Waals surface area contributed by atoms with Crippen LogP contribution in [0.5, 0.6) is 0 Å². The van der Waals surface area contributed by atoms with E-state index < -0.39 is 0 Å². The molecule has 0 saturated carbocycles. The Labute approximate surface area is 203 Å². The molecule has 4 aromatic rings. The first-order chi connectivity index (χ1) is 17.1. The molecule has 1 fully saturated rings. The summed E-state index contributed by atoms with van der Waals surface area (Å²) in [5, 5.41) is 10.8. The highest BCUT2D eigenvalue weighted by molar-refractivity contribution is 6.04. The summed E-state index contributed by atoms with van der Waals surface area (Å²) in [4.78, 5) is 17.2. The molecular weight excluding hydrogens is 439 g/mol. The molecule has 6 heteroatoms. The van der Waals surface area contributed by atoms with Crippen LogP contribution in [-0.4, -0.2) is 41.6 Å². The molecule has 0 radical (unpaired) electrons. The van der Waals surface area contributed by atoms with Gasteiger partial charge in [0.25, 0.3) is 5.91 Å². The van der Waals surface area contributed by atoms with Crippen molar-refractivity contribution in [1.82, 2.24) is 9.47 Å². The zero-order chi connectivity index (χ0) is 24.2. The third kappa shape index (κ3) is 4.67. The molecule has 0 N–H and O–H groups in total. The number of nitrogens with zero attached hydrogens (tertiary/aromatic N) is 4. The highest BCUT2D eigenvalue weighted by atomic mass is 19.1. The first kappa shape index (κ1) is 22.4. The minimum absolute atomic E-state index is 0.104. The van der Waals surface area contributed by atoms with Gasteiger partial charge in [0.2, 0.25) is 0 Å². The van der Waals surface area contributed by atoms with Gasteiger partial charge in [-0.1, -0.05) is 54.6 Å². The molecule has 174 valence electrons. The molecule has 1 aliphatic rings. The van der Waals surface area contributed by atoms with Crippen molar-refractivity contribution < 1.29 is 9.18 Å². The number of fused-ring (bicyclic) bond motifs is 1. The van der Waals surface area contributed by atoms with E-state index in [0.717, 1.165) is 35.2 Å². The SMILES string of the molecule is N#C/C(=C/c1cn(Cc2ccccc2F)c2ccccc12)C(=O)N1CCN(c2ccccc2)CC1. The Kier molecular flexibility index (Phi) is 6.32. The van der Waals surface area contributed by atoms with E-state index in [9.17, 15) is 14.4 Å². The second kappa shape index (κ2) is 9.86. The predicted molar refractivity (Wildman–Crippen MR) is 136 cm³/mol. The molecule has 3 aromatic carbocycles. The molecular formula is C29H25FN4O. The van der Waals surface area contributed by atoms with Crippen LogP contribution in [0.1, 0.15) is 11.1 Å². The van der Waals surface area contributed by atoms with Gasteiger partial charge in [0, 0.05) is 60.1 Å². The minimum Gasteiger partial charge on any atom is -0.368 e. The maximum atomic E-state index is 14.3. The van der Waals surface area contributed by atoms with Crippen LogP contribution in [0.25, 0.3) is 17.0 Å². The maximum Gasteiger partial charge on any atom is 0.264 e. The van der Waals surface area contributed by atoms with Crippen molar-refractivity contribution >= 4 is 28.6 Å². The van der Waals surface area contributed by atoms with Crippen molar-refractivity contribution in [3.63, 3.8) is 0 Å². The van der Waals surface area contributed by atoms with Crippen LogP contribution >= 0.6 is 0 Å². The van der Waals surface area contributed by atoms with Crippen molar-refractivity contribution in [3.05, 3.63) is 108 Å². The maximum absolute atomic E-state index is 14.3. The number of aromatic nitrogens is 1. The molecule has 0 unspecified atom stereocenters. The predicted octanol–water partition coefficient (Wildman–Crippen LogP) is 5.08. The summed E-state index contributed by atoms with van der Waals surface area (Å²) in [6.45, 7) is 2.91. The normalized spacial score (nSPS) is 14.2. The molecule has 0 atom stereocenters. The van der Waals surface area contributed by atoms with E-state index in [0.29, 0.717) is 25.2 Å². The van der Waals surface area contributed by atoms with E-state index in [2.05, 4.69) is 23.1 Å². The van der Waals surface area contributed by atoms with Gasteiger partial charge in [0.15, 0.2) is 0 Å². The van der Waals surface area contributed by atoms with Gasteiger partial charge in [-0.2, -0.15) is 5.26 Å². The van der Waals surface area contributed by atoms with Gasteiger partial charge in [-0.05, 0) is 30.3 Å². The van der Waals surface area contributed by atoms with Crippen molar-refractivity contribution in [2.75, 3.05) is 31.1 Å². The van der Waals surface area contributed by atoms with Gasteiger partial charge in [-0.3, -0.25) is 4.79 Å². The molecule has 1 aliphatic heterocycles. The minimum atomic E-state index is -0.259. The second-order valence-electron chi connectivity index (χ2n) is 8.61. The van der Waals surface area contributed by atoms with Gasteiger partial charge < -0.3 is 14.4 Å². The third-order valence-corrected chi connectivity index (χ3v) is 6.46. The number of rotatable bonds is 5. The Hall–Kier alpha value is -4.37. The Balaban J connectivity index is 1.38. The van der Waals surface area contributed by atoms with Crippen molar-refractivity contribution in [1.29, 1.82) is 5.26 Å². The fourth-order valence-electron chi connectivity index (χ4n) is 4.61. The van der Waals surface area contributed by atoms with Crippen LogP contribution in [0.3, 0.4) is 0 Å². The van der Waals surface area contributed by atoms with Gasteiger partial charge in [-0.15, -0.1) is 0 Å². The summed E-state index contributed by atoms with van der Waals surface area (Å²) in [7, 11) is 0. The second-order valence-corrected chi connectivity index (χ2v) is 8.61. The fourth-order valence-corrected chi connectivity index (χ4v) is 4.61. The fraction of sp³-hybridized carbons (Fsp3) is 0.172. The molecule has 0 aliphatic carbocycles. The lowest BCUT2D eigenvalue weighted by atomic mass is 10.1. The lowest BCUT2D eigenvalue weighted by Crippen LogP contribution is -2.49. The van der Waals surface area contributed by atoms with Crippen LogP contribution in [0.4, 0.5) is 10.1 Å². The number of benzene rings is 3. The highest BCUT2D eigenvalue weighted by Crippen LogP contribution is 2.26. The number of para-hydroxylation sites is 2. The number of anilines is 1. The Morgan fingerprint density at radius 3 is 2.34 bits per heavy atom. The van der Waals surface area contributed by atoms with E-state index >= 15 is 0 Å². The van der Waals surface area contributed by atoms with Crippen LogP contribution in [0.2, 0.25) is 0 Å². The summed E-state index contributed by atoms with van der Waals surface area (Å²) < 4.78 is 16.2. The van der Waals surface area contributed by atoms with Crippen LogP contribution < -0.4 is 4.90 Å². The van der Waals surface area contributed by atoms with E-state index in [1.54, 1.807) is 23.1 Å². The average Bonchev–Trinajstić information content (AvgIpc) is 3.26. The van der Waals surface area contributed by atoms with E-state index in [-0.39, 0.29) is 17.3 Å². The number of carbonyl (C=O) groups excluding carboxylic acids is 1. The lowest BCUT2D eigenvalue weighted by Gasteiger charge is -2.36. The van der Waals surface area contributed by atoms with E-state index in [1.165, 1.54) is 6.07 Å². The summed E-state index contributed by atoms with van der Waals surface area (Å²) >= 11 is 0. The Morgan fingerprint density at radius 1 is 0.914 bits per heavy atom. The topological polar surface area (TPSA) is 52.3 Å². The van der Waals surface area contributed by atoms with Crippen LogP contribution in [-0.2, 0) is 11.3 Å². The zero-order valence-corrected chi connectivity index (χ0v) is 19.3. The molecule has 2 heterocycles. The van der Waals surface area contributed by atoms with Crippen molar-refractivity contribution in [3.8, 4) is 6.07 Å². The molecule has 0 bridgehead atoms. The molecule has 1 aromatic heterocycles. The number of amides is 1. The third-order valence-electron chi connectivity index (χ3n) is 6.46. The van der Waals surface area contributed by atoms with Gasteiger partial charge in [0.05, 0.1) is 6.54 Å². The summed E-state index contributed by atoms with van der Waals surface area (Å²) in [5.41, 5.74) is 3.51. The molecule has 35 heavy (non-hydrogen) atoms. The number of carbonyl (C=O) groups is 1. The van der Waals surface area contributed by atoms with E-state index in [4.69, 9.17) is 0 Å². The first-order valence-corrected chi connectivity index (χ1v) is 11.7. The molecule has 1 amide bonds. The van der Waals surface area contributed by atoms with Gasteiger partial charge in [-0.25, -0.2) is 4.39 Å². The molecule has 1 saturated heterocycles. The summed E-state index contributed by atoms with van der Waals surface area (Å²) in [6.07, 6.45) is 3.54. The van der Waals surface area contributed by atoms with E-state index in [1.807, 2.05) is 59.3 Å². The van der Waals surface area contributed by atoms with Gasteiger partial charge in [0.1, 0.15) is 17.5 Å². The summed E-state index contributed by atoms with van der Waals surface area (Å²) in [6, 6.07) is 26.7. The summed E-state index contributed by atoms with van der Waals surface area (Å²) in [5.74, 6) is -0.518. The van der Waals surface area contributed by atoms with Gasteiger partial charge >= 0.3 is 0 Å². The number of halogens is 1. The van der Waals surface area contributed by atoms with Crippen LogP contribution in [0.15, 0.2) is 90.6 Å². The first-order valence-electron chi connectivity index (χ1n) is 11.7. The average molecular weight is 465 g/mol. The smallest absolute Gasteiger partial charge is 0.264 e. The van der Waals surface area contributed by atoms with Crippen molar-refractivity contribution in [2.45, 2.75) is 6.54 Å². The quantitative estimate of drug-likeness (QED) is 0.306. The Morgan fingerprint density at radius 2 is 1.60 bits per heavy atom. The number of piperazine rings is 1. The van der Waals surface area contributed by atoms with Crippen molar-refractivity contribution in [2.24, 2.45) is 0 Å². The standard InChI is InChI=1S/C29H25FN4O/c30-27-12-6-4-8-22(27)20-34-21-24(26-11-5-7-13-28(26)34)18-23(19-31)29(35)33-16-14-32(15-17-33)25-9-2-1-3-10-25/h1-13,18,21H,14-17,20H2/b23-18-. The molecule has 5 rings (SSSR count). The highest BCUT2D eigenvalue weighted by Gasteiger charge is 2.24. The Bertz CT molecular complexity index is 1430. The number of nitriles is 1. The lowest BCUT2D eigenvalue weighted by molar-refractivity contribution is -0.126. The zero-order valence-electron chi connectivity index (χ0n) is 19.3. The van der Waals surface area contributed by atoms with Crippen LogP contribution in [0, 0.1) is 17.1 Å².